The lowest BCUT2D eigenvalue weighted by atomic mass is 10.2. The second-order valence-electron chi connectivity index (χ2n) is 4.01. The second kappa shape index (κ2) is 6.70. The van der Waals surface area contributed by atoms with E-state index in [1.807, 2.05) is 30.3 Å². The smallest absolute Gasteiger partial charge is 0.331 e. The molecule has 0 saturated carbocycles. The maximum Gasteiger partial charge on any atom is 0.331 e. The van der Waals surface area contributed by atoms with E-state index >= 15 is 0 Å². The molecule has 5 heteroatoms. The van der Waals surface area contributed by atoms with Gasteiger partial charge in [-0.3, -0.25) is 0 Å². The highest BCUT2D eigenvalue weighted by atomic mass is 16.6. The van der Waals surface area contributed by atoms with Crippen molar-refractivity contribution in [3.8, 4) is 0 Å². The van der Waals surface area contributed by atoms with Crippen molar-refractivity contribution in [3.05, 3.63) is 48.0 Å². The highest BCUT2D eigenvalue weighted by Crippen LogP contribution is 2.08. The summed E-state index contributed by atoms with van der Waals surface area (Å²) in [5.74, 6) is -1.16. The lowest BCUT2D eigenvalue weighted by molar-refractivity contribution is -0.141. The van der Waals surface area contributed by atoms with Crippen LogP contribution in [-0.2, 0) is 30.4 Å². The number of benzene rings is 1. The molecule has 2 rings (SSSR count). The van der Waals surface area contributed by atoms with E-state index in [2.05, 4.69) is 0 Å². The van der Waals surface area contributed by atoms with E-state index < -0.39 is 11.9 Å². The minimum absolute atomic E-state index is 0.0161. The summed E-state index contributed by atoms with van der Waals surface area (Å²) >= 11 is 0. The molecule has 0 radical (unpaired) electrons. The number of carbonyl (C=O) groups excluding carboxylic acids is 2. The van der Waals surface area contributed by atoms with Crippen molar-refractivity contribution >= 4 is 11.9 Å². The Morgan fingerprint density at radius 1 is 1.16 bits per heavy atom. The van der Waals surface area contributed by atoms with Crippen molar-refractivity contribution in [1.82, 2.24) is 0 Å². The van der Waals surface area contributed by atoms with Crippen LogP contribution >= 0.6 is 0 Å². The lowest BCUT2D eigenvalue weighted by Crippen LogP contribution is -2.08. The van der Waals surface area contributed by atoms with E-state index in [9.17, 15) is 9.59 Å². The van der Waals surface area contributed by atoms with Gasteiger partial charge in [-0.25, -0.2) is 9.59 Å². The zero-order chi connectivity index (χ0) is 13.5. The Morgan fingerprint density at radius 2 is 1.79 bits per heavy atom. The number of hydrogen-bond donors (Lipinski definition) is 0. The Bertz CT molecular complexity index is 462. The van der Waals surface area contributed by atoms with E-state index in [1.165, 1.54) is 0 Å². The predicted molar refractivity (Wildman–Crippen MR) is 66.1 cm³/mol. The Morgan fingerprint density at radius 3 is 2.42 bits per heavy atom. The molecule has 0 spiro atoms. The summed E-state index contributed by atoms with van der Waals surface area (Å²) in [6.07, 6.45) is 2.12. The average molecular weight is 262 g/mol. The van der Waals surface area contributed by atoms with E-state index in [-0.39, 0.29) is 19.3 Å². The molecule has 0 aliphatic carbocycles. The van der Waals surface area contributed by atoms with Crippen molar-refractivity contribution < 1.29 is 23.8 Å². The van der Waals surface area contributed by atoms with E-state index in [0.717, 1.165) is 17.7 Å². The first-order chi connectivity index (χ1) is 9.24. The van der Waals surface area contributed by atoms with Crippen molar-refractivity contribution in [1.29, 1.82) is 0 Å². The maximum absolute atomic E-state index is 11.3. The Balaban J connectivity index is 1.66. The van der Waals surface area contributed by atoms with Crippen molar-refractivity contribution in [2.75, 3.05) is 13.2 Å². The lowest BCUT2D eigenvalue weighted by Gasteiger charge is -2.01. The molecule has 1 aliphatic heterocycles. The summed E-state index contributed by atoms with van der Waals surface area (Å²) < 4.78 is 14.7. The molecular weight excluding hydrogens is 248 g/mol. The van der Waals surface area contributed by atoms with Crippen LogP contribution in [-0.4, -0.2) is 31.3 Å². The Kier molecular flexibility index (Phi) is 4.69. The van der Waals surface area contributed by atoms with Gasteiger partial charge in [0.1, 0.15) is 19.3 Å². The number of carbonyl (C=O) groups is 2. The summed E-state index contributed by atoms with van der Waals surface area (Å²) in [5, 5.41) is 0. The van der Waals surface area contributed by atoms with Crippen LogP contribution in [0, 0.1) is 0 Å². The van der Waals surface area contributed by atoms with Crippen LogP contribution in [0.1, 0.15) is 5.56 Å². The van der Waals surface area contributed by atoms with Gasteiger partial charge in [0.25, 0.3) is 0 Å². The minimum Gasteiger partial charge on any atom is -0.460 e. The summed E-state index contributed by atoms with van der Waals surface area (Å²) in [6.45, 7) is 1.02. The van der Waals surface area contributed by atoms with E-state index in [1.54, 1.807) is 0 Å². The van der Waals surface area contributed by atoms with E-state index in [0.29, 0.717) is 6.61 Å². The third-order valence-corrected chi connectivity index (χ3v) is 2.39. The molecule has 1 saturated heterocycles. The largest absolute Gasteiger partial charge is 0.460 e. The molecule has 1 fully saturated rings. The summed E-state index contributed by atoms with van der Waals surface area (Å²) in [6, 6.07) is 9.29. The normalized spacial score (nSPS) is 17.2. The highest BCUT2D eigenvalue weighted by Gasteiger charge is 2.23. The topological polar surface area (TPSA) is 65.1 Å². The number of esters is 2. The maximum atomic E-state index is 11.3. The molecule has 0 amide bonds. The molecule has 1 heterocycles. The quantitative estimate of drug-likeness (QED) is 0.438. The first-order valence-corrected chi connectivity index (χ1v) is 5.91. The van der Waals surface area contributed by atoms with Crippen molar-refractivity contribution in [2.45, 2.75) is 12.7 Å². The average Bonchev–Trinajstić information content (AvgIpc) is 3.26. The summed E-state index contributed by atoms with van der Waals surface area (Å²) in [7, 11) is 0. The zero-order valence-electron chi connectivity index (χ0n) is 10.3. The minimum atomic E-state index is -0.580. The van der Waals surface area contributed by atoms with Crippen LogP contribution in [0.2, 0.25) is 0 Å². The monoisotopic (exact) mass is 262 g/mol. The molecule has 100 valence electrons. The van der Waals surface area contributed by atoms with Gasteiger partial charge < -0.3 is 14.2 Å². The molecule has 0 N–H and O–H groups in total. The highest BCUT2D eigenvalue weighted by molar-refractivity contribution is 5.91. The molecule has 1 atom stereocenters. The summed E-state index contributed by atoms with van der Waals surface area (Å²) in [4.78, 5) is 22.5. The summed E-state index contributed by atoms with van der Waals surface area (Å²) in [5.41, 5.74) is 0.887. The van der Waals surface area contributed by atoms with Gasteiger partial charge in [0, 0.05) is 12.2 Å². The first kappa shape index (κ1) is 13.3. The standard InChI is InChI=1S/C14H14O5/c15-13(18-8-11-4-2-1-3-5-11)6-7-14(16)19-10-12-9-17-12/h1-7,12H,8-10H2/b7-6+. The number of epoxide rings is 1. The molecule has 19 heavy (non-hydrogen) atoms. The van der Waals surface area contributed by atoms with Crippen molar-refractivity contribution in [2.24, 2.45) is 0 Å². The third kappa shape index (κ3) is 5.35. The van der Waals surface area contributed by atoms with Gasteiger partial charge in [-0.2, -0.15) is 0 Å². The van der Waals surface area contributed by atoms with Crippen LogP contribution < -0.4 is 0 Å². The van der Waals surface area contributed by atoms with Gasteiger partial charge in [-0.05, 0) is 5.56 Å². The van der Waals surface area contributed by atoms with Crippen LogP contribution in [0.15, 0.2) is 42.5 Å². The van der Waals surface area contributed by atoms with Gasteiger partial charge in [0.15, 0.2) is 0 Å². The molecule has 1 aromatic carbocycles. The molecule has 1 aromatic rings. The third-order valence-electron chi connectivity index (χ3n) is 2.39. The van der Waals surface area contributed by atoms with Gasteiger partial charge in [-0.1, -0.05) is 30.3 Å². The van der Waals surface area contributed by atoms with Crippen molar-refractivity contribution in [3.63, 3.8) is 0 Å². The van der Waals surface area contributed by atoms with Gasteiger partial charge in [0.05, 0.1) is 6.61 Å². The Hall–Kier alpha value is -2.14. The molecule has 0 bridgehead atoms. The van der Waals surface area contributed by atoms with Gasteiger partial charge >= 0.3 is 11.9 Å². The number of hydrogen-bond acceptors (Lipinski definition) is 5. The first-order valence-electron chi connectivity index (χ1n) is 5.91. The molecular formula is C14H14O5. The Labute approximate surface area is 110 Å². The number of ether oxygens (including phenoxy) is 3. The van der Waals surface area contributed by atoms with Gasteiger partial charge in [0.2, 0.25) is 0 Å². The van der Waals surface area contributed by atoms with Crippen LogP contribution in [0.25, 0.3) is 0 Å². The van der Waals surface area contributed by atoms with Crippen LogP contribution in [0.3, 0.4) is 0 Å². The molecule has 1 aliphatic rings. The zero-order valence-corrected chi connectivity index (χ0v) is 10.3. The fourth-order valence-electron chi connectivity index (χ4n) is 1.30. The number of rotatable bonds is 6. The van der Waals surface area contributed by atoms with Crippen LogP contribution in [0.5, 0.6) is 0 Å². The van der Waals surface area contributed by atoms with Crippen LogP contribution in [0.4, 0.5) is 0 Å². The SMILES string of the molecule is O=C(/C=C/C(=O)OCC1CO1)OCc1ccccc1. The fraction of sp³-hybridized carbons (Fsp3) is 0.286. The fourth-order valence-corrected chi connectivity index (χ4v) is 1.30. The second-order valence-corrected chi connectivity index (χ2v) is 4.01. The molecule has 1 unspecified atom stereocenters. The predicted octanol–water partition coefficient (Wildman–Crippen LogP) is 1.23. The van der Waals surface area contributed by atoms with Gasteiger partial charge in [-0.15, -0.1) is 0 Å². The molecule has 5 nitrogen and oxygen atoms in total. The van der Waals surface area contributed by atoms with E-state index in [4.69, 9.17) is 14.2 Å². The molecule has 0 aromatic heterocycles.